The lowest BCUT2D eigenvalue weighted by Crippen LogP contribution is -2.12. The Morgan fingerprint density at radius 1 is 1.61 bits per heavy atom. The van der Waals surface area contributed by atoms with E-state index in [0.29, 0.717) is 18.9 Å². The predicted octanol–water partition coefficient (Wildman–Crippen LogP) is 2.46. The normalized spacial score (nSPS) is 33.4. The molecule has 0 amide bonds. The predicted molar refractivity (Wildman–Crippen MR) is 69.9 cm³/mol. The fraction of sp³-hybridized carbons (Fsp3) is 0.667. The summed E-state index contributed by atoms with van der Waals surface area (Å²) < 4.78 is 5.02. The van der Waals surface area contributed by atoms with Gasteiger partial charge in [0.1, 0.15) is 0 Å². The third-order valence-electron chi connectivity index (χ3n) is 4.11. The number of esters is 1. The summed E-state index contributed by atoms with van der Waals surface area (Å²) in [5.41, 5.74) is 2.54. The molecule has 3 nitrogen and oxygen atoms in total. The largest absolute Gasteiger partial charge is 0.465 e. The van der Waals surface area contributed by atoms with E-state index in [0.717, 1.165) is 18.4 Å². The van der Waals surface area contributed by atoms with Crippen LogP contribution in [0.4, 0.5) is 0 Å². The maximum absolute atomic E-state index is 11.2. The van der Waals surface area contributed by atoms with Crippen LogP contribution in [0.15, 0.2) is 23.8 Å². The average Bonchev–Trinajstić information content (AvgIpc) is 2.84. The molecule has 0 aromatic heterocycles. The van der Waals surface area contributed by atoms with Crippen LogP contribution in [-0.2, 0) is 9.53 Å². The van der Waals surface area contributed by atoms with Crippen molar-refractivity contribution in [3.8, 4) is 0 Å². The summed E-state index contributed by atoms with van der Waals surface area (Å²) in [5.74, 6) is 0.241. The summed E-state index contributed by atoms with van der Waals surface area (Å²) in [4.78, 5) is 11.2. The Hall–Kier alpha value is -1.09. The Bertz CT molecular complexity index is 393. The van der Waals surface area contributed by atoms with Crippen LogP contribution in [0, 0.1) is 17.3 Å². The van der Waals surface area contributed by atoms with Gasteiger partial charge < -0.3 is 9.84 Å². The van der Waals surface area contributed by atoms with E-state index in [4.69, 9.17) is 4.74 Å². The Morgan fingerprint density at radius 2 is 2.33 bits per heavy atom. The van der Waals surface area contributed by atoms with Gasteiger partial charge in [0.2, 0.25) is 0 Å². The molecule has 1 aliphatic heterocycles. The Kier molecular flexibility index (Phi) is 3.62. The van der Waals surface area contributed by atoms with Gasteiger partial charge in [-0.2, -0.15) is 0 Å². The average molecular weight is 250 g/mol. The van der Waals surface area contributed by atoms with Gasteiger partial charge in [-0.25, -0.2) is 0 Å². The number of carbonyl (C=O) groups excluding carboxylic acids is 1. The lowest BCUT2D eigenvalue weighted by Gasteiger charge is -2.17. The van der Waals surface area contributed by atoms with Crippen molar-refractivity contribution in [1.82, 2.24) is 0 Å². The highest BCUT2D eigenvalue weighted by molar-refractivity contribution is 5.72. The molecule has 2 rings (SSSR count). The van der Waals surface area contributed by atoms with E-state index < -0.39 is 0 Å². The van der Waals surface area contributed by atoms with Crippen molar-refractivity contribution in [3.63, 3.8) is 0 Å². The van der Waals surface area contributed by atoms with E-state index in [1.54, 1.807) is 0 Å². The summed E-state index contributed by atoms with van der Waals surface area (Å²) in [6, 6.07) is 0. The zero-order valence-corrected chi connectivity index (χ0v) is 11.2. The maximum Gasteiger partial charge on any atom is 0.306 e. The maximum atomic E-state index is 11.2. The van der Waals surface area contributed by atoms with Crippen molar-refractivity contribution in [2.75, 3.05) is 13.2 Å². The second-order valence-corrected chi connectivity index (χ2v) is 6.18. The molecule has 2 aliphatic rings. The van der Waals surface area contributed by atoms with E-state index in [2.05, 4.69) is 20.4 Å². The Morgan fingerprint density at radius 3 is 2.83 bits per heavy atom. The van der Waals surface area contributed by atoms with Crippen molar-refractivity contribution in [1.29, 1.82) is 0 Å². The van der Waals surface area contributed by atoms with E-state index in [9.17, 15) is 9.90 Å². The summed E-state index contributed by atoms with van der Waals surface area (Å²) in [6.07, 6.45) is 4.42. The molecule has 1 saturated heterocycles. The third kappa shape index (κ3) is 2.51. The fourth-order valence-electron chi connectivity index (χ4n) is 3.24. The van der Waals surface area contributed by atoms with E-state index in [-0.39, 0.29) is 23.9 Å². The van der Waals surface area contributed by atoms with Gasteiger partial charge in [-0.15, -0.1) is 6.58 Å². The quantitative estimate of drug-likeness (QED) is 0.618. The van der Waals surface area contributed by atoms with Gasteiger partial charge in [0.25, 0.3) is 0 Å². The highest BCUT2D eigenvalue weighted by atomic mass is 16.5. The van der Waals surface area contributed by atoms with E-state index >= 15 is 0 Å². The van der Waals surface area contributed by atoms with Crippen molar-refractivity contribution >= 4 is 5.97 Å². The van der Waals surface area contributed by atoms with Crippen molar-refractivity contribution < 1.29 is 14.6 Å². The molecule has 2 fully saturated rings. The van der Waals surface area contributed by atoms with Crippen LogP contribution in [0.5, 0.6) is 0 Å². The van der Waals surface area contributed by atoms with Gasteiger partial charge in [-0.3, -0.25) is 4.79 Å². The summed E-state index contributed by atoms with van der Waals surface area (Å²) in [7, 11) is 0. The van der Waals surface area contributed by atoms with Crippen LogP contribution in [0.3, 0.4) is 0 Å². The molecule has 0 aromatic carbocycles. The number of carbonyl (C=O) groups is 1. The highest BCUT2D eigenvalue weighted by Crippen LogP contribution is 2.47. The molecule has 1 saturated carbocycles. The van der Waals surface area contributed by atoms with Crippen LogP contribution in [0.25, 0.3) is 0 Å². The zero-order valence-electron chi connectivity index (χ0n) is 11.2. The van der Waals surface area contributed by atoms with Gasteiger partial charge in [0.05, 0.1) is 19.6 Å². The summed E-state index contributed by atoms with van der Waals surface area (Å²) in [5, 5.41) is 9.66. The number of allylic oxidation sites excluding steroid dienone is 2. The molecule has 1 heterocycles. The van der Waals surface area contributed by atoms with Gasteiger partial charge in [-0.1, -0.05) is 25.5 Å². The molecule has 0 bridgehead atoms. The van der Waals surface area contributed by atoms with Crippen molar-refractivity contribution in [2.24, 2.45) is 17.3 Å². The minimum atomic E-state index is -0.154. The molecule has 0 unspecified atom stereocenters. The first kappa shape index (κ1) is 13.3. The number of rotatable bonds is 3. The molecule has 2 atom stereocenters. The first-order valence-corrected chi connectivity index (χ1v) is 6.57. The van der Waals surface area contributed by atoms with Crippen LogP contribution >= 0.6 is 0 Å². The lowest BCUT2D eigenvalue weighted by molar-refractivity contribution is -0.137. The minimum absolute atomic E-state index is 0.0249. The van der Waals surface area contributed by atoms with Crippen LogP contribution in [-0.4, -0.2) is 24.3 Å². The van der Waals surface area contributed by atoms with E-state index in [1.165, 1.54) is 5.57 Å². The van der Waals surface area contributed by atoms with Gasteiger partial charge in [-0.05, 0) is 29.7 Å². The number of hydrogen-bond acceptors (Lipinski definition) is 3. The topological polar surface area (TPSA) is 46.5 Å². The molecule has 18 heavy (non-hydrogen) atoms. The third-order valence-corrected chi connectivity index (χ3v) is 4.11. The molecule has 1 aliphatic carbocycles. The second-order valence-electron chi connectivity index (χ2n) is 6.18. The summed E-state index contributed by atoms with van der Waals surface area (Å²) >= 11 is 0. The fourth-order valence-corrected chi connectivity index (χ4v) is 3.24. The molecule has 100 valence electrons. The van der Waals surface area contributed by atoms with Crippen LogP contribution in [0.2, 0.25) is 0 Å². The van der Waals surface area contributed by atoms with Crippen molar-refractivity contribution in [2.45, 2.75) is 33.1 Å². The van der Waals surface area contributed by atoms with Crippen molar-refractivity contribution in [3.05, 3.63) is 23.8 Å². The van der Waals surface area contributed by atoms with Crippen LogP contribution < -0.4 is 0 Å². The lowest BCUT2D eigenvalue weighted by atomic mass is 9.88. The molecular weight excluding hydrogens is 228 g/mol. The smallest absolute Gasteiger partial charge is 0.306 e. The molecule has 1 N–H and O–H groups in total. The summed E-state index contributed by atoms with van der Waals surface area (Å²) in [6.45, 7) is 8.82. The SMILES string of the molecule is C=C[C@@H]1CC(C)(C)CC1=C(CO)[C@H]1COC(=O)C1. The Labute approximate surface area is 109 Å². The molecule has 0 aromatic rings. The standard InChI is InChI=1S/C15H22O3/c1-4-10-6-15(2,3)7-12(10)13(8-16)11-5-14(17)18-9-11/h4,10-11,16H,1,5-9H2,2-3H3/t10-,11-/m1/s1. The monoisotopic (exact) mass is 250 g/mol. The number of hydrogen-bond donors (Lipinski definition) is 1. The van der Waals surface area contributed by atoms with Crippen LogP contribution in [0.1, 0.15) is 33.1 Å². The zero-order chi connectivity index (χ0) is 13.3. The first-order valence-electron chi connectivity index (χ1n) is 6.57. The van der Waals surface area contributed by atoms with Gasteiger partial charge in [0, 0.05) is 5.92 Å². The number of cyclic esters (lactones) is 1. The minimum Gasteiger partial charge on any atom is -0.465 e. The first-order chi connectivity index (χ1) is 8.46. The highest BCUT2D eigenvalue weighted by Gasteiger charge is 2.37. The molecule has 3 heteroatoms. The second kappa shape index (κ2) is 4.88. The molecule has 0 radical (unpaired) electrons. The Balaban J connectivity index is 2.30. The van der Waals surface area contributed by atoms with E-state index in [1.807, 2.05) is 6.08 Å². The number of aliphatic hydroxyl groups is 1. The number of ether oxygens (including phenoxy) is 1. The van der Waals surface area contributed by atoms with Gasteiger partial charge >= 0.3 is 5.97 Å². The molecule has 0 spiro atoms. The van der Waals surface area contributed by atoms with Gasteiger partial charge in [0.15, 0.2) is 0 Å². The number of aliphatic hydroxyl groups excluding tert-OH is 1. The molecular formula is C15H22O3.